The van der Waals surface area contributed by atoms with E-state index in [1.807, 2.05) is 37.3 Å². The largest absolute Gasteiger partial charge is 0.459 e. The second-order valence-electron chi connectivity index (χ2n) is 5.72. The average molecular weight is 272 g/mol. The van der Waals surface area contributed by atoms with Crippen molar-refractivity contribution in [3.8, 4) is 0 Å². The van der Waals surface area contributed by atoms with Crippen molar-refractivity contribution in [1.82, 2.24) is 5.32 Å². The van der Waals surface area contributed by atoms with Gasteiger partial charge in [0.25, 0.3) is 0 Å². The van der Waals surface area contributed by atoms with Gasteiger partial charge in [0, 0.05) is 11.9 Å². The van der Waals surface area contributed by atoms with Crippen molar-refractivity contribution < 1.29 is 9.21 Å². The third-order valence-corrected chi connectivity index (χ3v) is 4.40. The first kappa shape index (κ1) is 13.2. The van der Waals surface area contributed by atoms with Crippen molar-refractivity contribution in [2.24, 2.45) is 11.1 Å². The molecule has 1 amide bonds. The Morgan fingerprint density at radius 2 is 2.20 bits per heavy atom. The lowest BCUT2D eigenvalue weighted by atomic mass is 9.68. The van der Waals surface area contributed by atoms with Gasteiger partial charge in [-0.3, -0.25) is 4.79 Å². The molecule has 0 spiro atoms. The molecule has 1 fully saturated rings. The van der Waals surface area contributed by atoms with Crippen LogP contribution in [0.2, 0.25) is 0 Å². The molecule has 1 aromatic heterocycles. The van der Waals surface area contributed by atoms with Gasteiger partial charge in [0.1, 0.15) is 11.3 Å². The Bertz CT molecular complexity index is 590. The van der Waals surface area contributed by atoms with Crippen LogP contribution in [0.4, 0.5) is 0 Å². The molecule has 4 nitrogen and oxygen atoms in total. The van der Waals surface area contributed by atoms with E-state index in [-0.39, 0.29) is 17.4 Å². The van der Waals surface area contributed by atoms with Crippen LogP contribution in [0.5, 0.6) is 0 Å². The van der Waals surface area contributed by atoms with Gasteiger partial charge in [-0.15, -0.1) is 0 Å². The fourth-order valence-electron chi connectivity index (χ4n) is 2.76. The maximum Gasteiger partial charge on any atom is 0.228 e. The second-order valence-corrected chi connectivity index (χ2v) is 5.72. The molecule has 1 heterocycles. The number of hydrogen-bond acceptors (Lipinski definition) is 3. The molecule has 1 saturated carbocycles. The van der Waals surface area contributed by atoms with E-state index in [0.29, 0.717) is 6.54 Å². The lowest BCUT2D eigenvalue weighted by Gasteiger charge is -2.39. The number of rotatable bonds is 4. The molecule has 2 aromatic rings. The molecule has 1 aromatic carbocycles. The van der Waals surface area contributed by atoms with E-state index in [4.69, 9.17) is 10.2 Å². The first-order chi connectivity index (χ1) is 9.64. The first-order valence-electron chi connectivity index (χ1n) is 7.14. The number of fused-ring (bicyclic) bond motifs is 1. The highest BCUT2D eigenvalue weighted by molar-refractivity contribution is 5.84. The summed E-state index contributed by atoms with van der Waals surface area (Å²) in [5.74, 6) is 0.838. The molecule has 0 bridgehead atoms. The molecule has 0 radical (unpaired) electrons. The fraction of sp³-hybridized carbons (Fsp3) is 0.438. The molecule has 20 heavy (non-hydrogen) atoms. The van der Waals surface area contributed by atoms with Gasteiger partial charge in [-0.25, -0.2) is 0 Å². The molecule has 1 unspecified atom stereocenters. The summed E-state index contributed by atoms with van der Waals surface area (Å²) in [6.45, 7) is 2.37. The third kappa shape index (κ3) is 2.10. The number of hydrogen-bond donors (Lipinski definition) is 2. The summed E-state index contributed by atoms with van der Waals surface area (Å²) in [5, 5.41) is 4.09. The van der Waals surface area contributed by atoms with Crippen molar-refractivity contribution in [3.63, 3.8) is 0 Å². The molecule has 0 aliphatic heterocycles. The van der Waals surface area contributed by atoms with E-state index < -0.39 is 0 Å². The quantitative estimate of drug-likeness (QED) is 0.899. The zero-order valence-corrected chi connectivity index (χ0v) is 11.7. The molecule has 4 heteroatoms. The van der Waals surface area contributed by atoms with E-state index in [1.54, 1.807) is 0 Å². The smallest absolute Gasteiger partial charge is 0.228 e. The van der Waals surface area contributed by atoms with Crippen LogP contribution in [0.25, 0.3) is 11.0 Å². The summed E-state index contributed by atoms with van der Waals surface area (Å²) in [7, 11) is 0. The number of nitrogens with one attached hydrogen (secondary N) is 1. The summed E-state index contributed by atoms with van der Waals surface area (Å²) in [5.41, 5.74) is 6.26. The fourth-order valence-corrected chi connectivity index (χ4v) is 2.76. The van der Waals surface area contributed by atoms with Gasteiger partial charge in [0.15, 0.2) is 0 Å². The van der Waals surface area contributed by atoms with E-state index in [9.17, 15) is 4.79 Å². The number of carbonyl (C=O) groups excluding carboxylic acids is 1. The van der Waals surface area contributed by atoms with Crippen molar-refractivity contribution >= 4 is 16.9 Å². The second kappa shape index (κ2) is 4.94. The number of furan rings is 1. The van der Waals surface area contributed by atoms with Crippen molar-refractivity contribution in [2.75, 3.05) is 6.54 Å². The third-order valence-electron chi connectivity index (χ3n) is 4.40. The summed E-state index contributed by atoms with van der Waals surface area (Å²) in [4.78, 5) is 12.3. The highest BCUT2D eigenvalue weighted by Crippen LogP contribution is 2.40. The lowest BCUT2D eigenvalue weighted by Crippen LogP contribution is -2.50. The Morgan fingerprint density at radius 3 is 2.80 bits per heavy atom. The first-order valence-corrected chi connectivity index (χ1v) is 7.14. The molecule has 1 aliphatic carbocycles. The molecule has 3 rings (SSSR count). The van der Waals surface area contributed by atoms with E-state index >= 15 is 0 Å². The Balaban J connectivity index is 1.75. The average Bonchev–Trinajstić information content (AvgIpc) is 2.81. The number of para-hydroxylation sites is 1. The van der Waals surface area contributed by atoms with Crippen LogP contribution >= 0.6 is 0 Å². The van der Waals surface area contributed by atoms with Gasteiger partial charge in [-0.2, -0.15) is 0 Å². The highest BCUT2D eigenvalue weighted by Gasteiger charge is 2.43. The predicted molar refractivity (Wildman–Crippen MR) is 78.1 cm³/mol. The van der Waals surface area contributed by atoms with Crippen LogP contribution in [-0.4, -0.2) is 12.5 Å². The molecule has 3 N–H and O–H groups in total. The minimum Gasteiger partial charge on any atom is -0.459 e. The molecule has 0 saturated heterocycles. The van der Waals surface area contributed by atoms with Gasteiger partial charge < -0.3 is 15.5 Å². The number of amides is 1. The van der Waals surface area contributed by atoms with Gasteiger partial charge in [-0.1, -0.05) is 24.6 Å². The van der Waals surface area contributed by atoms with Gasteiger partial charge >= 0.3 is 0 Å². The molecule has 1 aliphatic rings. The van der Waals surface area contributed by atoms with Crippen LogP contribution in [0.15, 0.2) is 34.7 Å². The van der Waals surface area contributed by atoms with Gasteiger partial charge in [0.05, 0.1) is 11.5 Å². The molecular weight excluding hydrogens is 252 g/mol. The highest BCUT2D eigenvalue weighted by atomic mass is 16.3. The minimum atomic E-state index is -0.347. The maximum absolute atomic E-state index is 12.3. The zero-order chi connectivity index (χ0) is 14.2. The Morgan fingerprint density at radius 1 is 1.45 bits per heavy atom. The van der Waals surface area contributed by atoms with Crippen molar-refractivity contribution in [2.45, 2.75) is 32.2 Å². The van der Waals surface area contributed by atoms with E-state index in [1.165, 1.54) is 0 Å². The molecular formula is C16H20N2O2. The Labute approximate surface area is 118 Å². The van der Waals surface area contributed by atoms with Crippen molar-refractivity contribution in [3.05, 3.63) is 36.1 Å². The topological polar surface area (TPSA) is 68.3 Å². The normalized spacial score (nSPS) is 18.5. The summed E-state index contributed by atoms with van der Waals surface area (Å²) >= 11 is 0. The minimum absolute atomic E-state index is 0.0548. The van der Waals surface area contributed by atoms with Gasteiger partial charge in [0.2, 0.25) is 5.91 Å². The van der Waals surface area contributed by atoms with Crippen LogP contribution in [0.3, 0.4) is 0 Å². The molecule has 1 atom stereocenters. The zero-order valence-electron chi connectivity index (χ0n) is 11.7. The number of nitrogens with two attached hydrogens (primary N) is 1. The Kier molecular flexibility index (Phi) is 3.26. The standard InChI is InChI=1S/C16H20N2O2/c1-11(18-15(19)16(10-17)7-4-8-16)14-9-12-5-2-3-6-13(12)20-14/h2-3,5-6,9,11H,4,7-8,10,17H2,1H3,(H,18,19). The number of benzene rings is 1. The van der Waals surface area contributed by atoms with Crippen LogP contribution in [-0.2, 0) is 4.79 Å². The summed E-state index contributed by atoms with van der Waals surface area (Å²) < 4.78 is 5.78. The van der Waals surface area contributed by atoms with E-state index in [0.717, 1.165) is 36.0 Å². The lowest BCUT2D eigenvalue weighted by molar-refractivity contribution is -0.136. The SMILES string of the molecule is CC(NC(=O)C1(CN)CCC1)c1cc2ccccc2o1. The maximum atomic E-state index is 12.3. The summed E-state index contributed by atoms with van der Waals surface area (Å²) in [6.07, 6.45) is 2.87. The summed E-state index contributed by atoms with van der Waals surface area (Å²) in [6, 6.07) is 9.69. The number of carbonyl (C=O) groups is 1. The van der Waals surface area contributed by atoms with Crippen LogP contribution in [0, 0.1) is 5.41 Å². The predicted octanol–water partition coefficient (Wildman–Crippen LogP) is 2.74. The Hall–Kier alpha value is -1.81. The van der Waals surface area contributed by atoms with Crippen LogP contribution in [0.1, 0.15) is 38.0 Å². The monoisotopic (exact) mass is 272 g/mol. The van der Waals surface area contributed by atoms with Crippen molar-refractivity contribution in [1.29, 1.82) is 0 Å². The van der Waals surface area contributed by atoms with E-state index in [2.05, 4.69) is 5.32 Å². The molecule has 106 valence electrons. The van der Waals surface area contributed by atoms with Gasteiger partial charge in [-0.05, 0) is 31.9 Å². The van der Waals surface area contributed by atoms with Crippen LogP contribution < -0.4 is 11.1 Å².